The summed E-state index contributed by atoms with van der Waals surface area (Å²) < 4.78 is 51.3. The fourth-order valence-corrected chi connectivity index (χ4v) is 12.7. The molecule has 366 valence electrons. The molecule has 71 heavy (non-hydrogen) atoms. The number of piperidine rings is 1. The van der Waals surface area contributed by atoms with Crippen molar-refractivity contribution >= 4 is 27.7 Å². The number of H-pyrrole nitrogens is 1. The lowest BCUT2D eigenvalue weighted by Crippen LogP contribution is -2.54. The maximum atomic E-state index is 16.4. The number of nitrogens with one attached hydrogen (secondary N) is 1. The van der Waals surface area contributed by atoms with Crippen molar-refractivity contribution in [2.24, 2.45) is 13.0 Å². The minimum absolute atomic E-state index is 0.00651. The molecular weight excluding hydrogens is 909 g/mol. The molecule has 2 aliphatic carbocycles. The normalized spacial score (nSPS) is 23.6. The first-order valence-electron chi connectivity index (χ1n) is 24.8. The molecule has 3 aromatic carbocycles. The number of hydrogen-bond acceptors (Lipinski definition) is 9. The van der Waals surface area contributed by atoms with Crippen LogP contribution in [0.5, 0.6) is 0 Å². The summed E-state index contributed by atoms with van der Waals surface area (Å²) >= 11 is 0. The molecular formula is C53H55F2N11O5. The van der Waals surface area contributed by atoms with E-state index in [-0.39, 0.29) is 34.3 Å². The molecule has 5 aromatic heterocycles. The van der Waals surface area contributed by atoms with Crippen molar-refractivity contribution < 1.29 is 22.8 Å². The van der Waals surface area contributed by atoms with Crippen LogP contribution in [-0.4, -0.2) is 98.0 Å². The highest BCUT2D eigenvalue weighted by Gasteiger charge is 2.60. The van der Waals surface area contributed by atoms with Crippen LogP contribution in [0.4, 0.5) is 8.78 Å². The third-order valence-electron chi connectivity index (χ3n) is 17.1. The number of fused-ring (bicyclic) bond motifs is 4. The molecule has 18 heteroatoms. The van der Waals surface area contributed by atoms with Gasteiger partial charge in [0, 0.05) is 54.5 Å². The Morgan fingerprint density at radius 1 is 0.887 bits per heavy atom. The summed E-state index contributed by atoms with van der Waals surface area (Å²) in [4.78, 5) is 51.0. The van der Waals surface area contributed by atoms with Crippen molar-refractivity contribution in [3.63, 3.8) is 0 Å². The number of likely N-dealkylation sites (tertiary alicyclic amines) is 1. The number of nitrogens with zero attached hydrogens (tertiary/aromatic N) is 10. The summed E-state index contributed by atoms with van der Waals surface area (Å²) in [7, 11) is 3.82. The van der Waals surface area contributed by atoms with Gasteiger partial charge in [0.15, 0.2) is 11.6 Å². The van der Waals surface area contributed by atoms with E-state index in [9.17, 15) is 4.79 Å². The Morgan fingerprint density at radius 2 is 1.62 bits per heavy atom. The Morgan fingerprint density at radius 3 is 2.32 bits per heavy atom. The second-order valence-corrected chi connectivity index (χ2v) is 21.4. The molecule has 4 fully saturated rings. The number of imidazole rings is 1. The fraction of sp³-hybridized carbons (Fsp3) is 0.434. The van der Waals surface area contributed by atoms with Gasteiger partial charge in [-0.25, -0.2) is 23.1 Å². The monoisotopic (exact) mass is 963 g/mol. The second-order valence-electron chi connectivity index (χ2n) is 21.4. The van der Waals surface area contributed by atoms with Gasteiger partial charge in [0.05, 0.1) is 45.8 Å². The molecule has 2 saturated heterocycles. The van der Waals surface area contributed by atoms with Crippen molar-refractivity contribution in [1.82, 2.24) is 53.2 Å². The van der Waals surface area contributed by atoms with E-state index in [1.165, 1.54) is 27.1 Å². The average Bonchev–Trinajstić information content (AvgIpc) is 3.76. The molecule has 0 radical (unpaired) electrons. The van der Waals surface area contributed by atoms with E-state index in [1.807, 2.05) is 17.9 Å². The van der Waals surface area contributed by atoms with Crippen molar-refractivity contribution in [3.05, 3.63) is 139 Å². The summed E-state index contributed by atoms with van der Waals surface area (Å²) in [6, 6.07) is 14.6. The molecule has 0 unspecified atom stereocenters. The molecule has 4 atom stereocenters. The van der Waals surface area contributed by atoms with Crippen LogP contribution in [0, 0.1) is 31.4 Å². The van der Waals surface area contributed by atoms with Gasteiger partial charge in [0.25, 0.3) is 5.91 Å². The predicted molar refractivity (Wildman–Crippen MR) is 260 cm³/mol. The molecule has 2 spiro atoms. The van der Waals surface area contributed by atoms with Gasteiger partial charge in [-0.2, -0.15) is 10.2 Å². The van der Waals surface area contributed by atoms with E-state index in [4.69, 9.17) is 14.4 Å². The highest BCUT2D eigenvalue weighted by Crippen LogP contribution is 2.57. The number of benzene rings is 3. The van der Waals surface area contributed by atoms with Crippen LogP contribution in [0.3, 0.4) is 0 Å². The van der Waals surface area contributed by atoms with Gasteiger partial charge in [0.1, 0.15) is 22.9 Å². The molecule has 0 bridgehead atoms. The van der Waals surface area contributed by atoms with Gasteiger partial charge < -0.3 is 19.1 Å². The van der Waals surface area contributed by atoms with Crippen LogP contribution < -0.4 is 11.4 Å². The number of ether oxygens (including phenoxy) is 1. The van der Waals surface area contributed by atoms with Gasteiger partial charge in [-0.15, -0.1) is 0 Å². The van der Waals surface area contributed by atoms with E-state index in [2.05, 4.69) is 56.9 Å². The summed E-state index contributed by atoms with van der Waals surface area (Å²) in [5.41, 5.74) is 3.81. The first-order chi connectivity index (χ1) is 34.1. The lowest BCUT2D eigenvalue weighted by molar-refractivity contribution is -0.0132. The smallest absolute Gasteiger partial charge is 0.375 e. The largest absolute Gasteiger partial charge is 0.438 e. The topological polar surface area (TPSA) is 159 Å². The first kappa shape index (κ1) is 44.1. The number of amides is 1. The lowest BCUT2D eigenvalue weighted by atomic mass is 9.70. The quantitative estimate of drug-likeness (QED) is 0.170. The molecule has 5 aliphatic rings. The number of hydrogen-bond donors (Lipinski definition) is 1. The predicted octanol–water partition coefficient (Wildman–Crippen LogP) is 7.62. The molecule has 13 rings (SSSR count). The first-order valence-corrected chi connectivity index (χ1v) is 24.8. The summed E-state index contributed by atoms with van der Waals surface area (Å²) in [5.74, 6) is -0.769. The maximum Gasteiger partial charge on any atom is 0.438 e. The SMILES string of the molecule is Cc1cc(-n2nc3c(c2-n2ccn(-c4ccc5c(cnn5C)c4F)c2=O)[C@H](C)N(C(=O)c2cc4cc([C@H]5CCOC6(CC6)C5)ccc4n2[C@@]2(c4noc(=O)[nH]4)C[C@@H]2C)CC32CCN(C)CC2)cc(C)c1F. The van der Waals surface area contributed by atoms with Crippen LogP contribution in [0.15, 0.2) is 81.2 Å². The number of halogens is 2. The van der Waals surface area contributed by atoms with Crippen LogP contribution in [0.2, 0.25) is 0 Å². The van der Waals surface area contributed by atoms with E-state index >= 15 is 18.4 Å². The zero-order chi connectivity index (χ0) is 49.0. The van der Waals surface area contributed by atoms with Gasteiger partial charge in [0.2, 0.25) is 0 Å². The highest BCUT2D eigenvalue weighted by molar-refractivity contribution is 6.00. The van der Waals surface area contributed by atoms with Crippen molar-refractivity contribution in [2.45, 2.75) is 101 Å². The Kier molecular flexibility index (Phi) is 9.49. The van der Waals surface area contributed by atoms with Crippen molar-refractivity contribution in [3.8, 4) is 17.2 Å². The number of rotatable bonds is 7. The molecule has 2 saturated carbocycles. The Labute approximate surface area is 406 Å². The Balaban J connectivity index is 1.01. The summed E-state index contributed by atoms with van der Waals surface area (Å²) in [5, 5.41) is 15.1. The number of carbonyl (C=O) groups excluding carboxylic acids is 1. The van der Waals surface area contributed by atoms with Gasteiger partial charge in [-0.1, -0.05) is 18.1 Å². The molecule has 1 N–H and O–H groups in total. The molecule has 16 nitrogen and oxygen atoms in total. The number of aromatic amines is 1. The summed E-state index contributed by atoms with van der Waals surface area (Å²) in [6.07, 6.45) is 10.6. The van der Waals surface area contributed by atoms with Gasteiger partial charge in [-0.3, -0.25) is 28.1 Å². The van der Waals surface area contributed by atoms with Crippen LogP contribution in [0.1, 0.15) is 115 Å². The lowest BCUT2D eigenvalue weighted by Gasteiger charge is -2.48. The van der Waals surface area contributed by atoms with Gasteiger partial charge in [-0.05, 0) is 157 Å². The van der Waals surface area contributed by atoms with E-state index in [0.29, 0.717) is 83.6 Å². The van der Waals surface area contributed by atoms with E-state index < -0.39 is 34.3 Å². The molecule has 8 heterocycles. The minimum Gasteiger partial charge on any atom is -0.375 e. The molecule has 3 aliphatic heterocycles. The van der Waals surface area contributed by atoms with Crippen LogP contribution in [-0.2, 0) is 22.7 Å². The number of aryl methyl sites for hydroxylation is 3. The van der Waals surface area contributed by atoms with Crippen LogP contribution >= 0.6 is 0 Å². The third kappa shape index (κ3) is 6.45. The van der Waals surface area contributed by atoms with Crippen molar-refractivity contribution in [1.29, 1.82) is 0 Å². The maximum absolute atomic E-state index is 16.4. The Bertz CT molecular complexity index is 3630. The fourth-order valence-electron chi connectivity index (χ4n) is 12.7. The Hall–Kier alpha value is -6.92. The van der Waals surface area contributed by atoms with E-state index in [1.54, 1.807) is 60.7 Å². The number of aromatic nitrogens is 9. The van der Waals surface area contributed by atoms with Crippen LogP contribution in [0.25, 0.3) is 39.0 Å². The van der Waals surface area contributed by atoms with Gasteiger partial charge >= 0.3 is 11.4 Å². The summed E-state index contributed by atoms with van der Waals surface area (Å²) in [6.45, 7) is 9.98. The van der Waals surface area contributed by atoms with Crippen molar-refractivity contribution in [2.75, 3.05) is 33.3 Å². The standard InChI is InChI=1S/C53H55F2N11O5/c1-29-21-36(22-30(2)43(29)54)66-46(63-19-18-62(50(63)69)40-10-9-39-37(44(40)55)27-56-61(39)6)42-32(4)64(28-51(45(42)58-66)14-16-60(5)17-15-51)47(67)41-24-35-23-33(34-11-20-70-52(26-34)12-13-52)7-8-38(35)65(41)53(25-31(53)3)48-57-49(68)71-59-48/h7-10,18-19,21-24,27,31-32,34H,11-17,20,25-26,28H2,1-6H3,(H,57,59,68)/t31-,32-,34-,53-/m0/s1. The zero-order valence-electron chi connectivity index (χ0n) is 40.6. The minimum atomic E-state index is -0.870. The molecule has 8 aromatic rings. The second kappa shape index (κ2) is 15.3. The number of carbonyl (C=O) groups is 1. The highest BCUT2D eigenvalue weighted by atomic mass is 19.1. The third-order valence-corrected chi connectivity index (χ3v) is 17.1. The van der Waals surface area contributed by atoms with E-state index in [0.717, 1.165) is 55.4 Å². The molecule has 1 amide bonds. The average molecular weight is 964 g/mol. The zero-order valence-corrected chi connectivity index (χ0v) is 40.6.